The first-order chi connectivity index (χ1) is 10.9. The molecule has 0 aliphatic carbocycles. The minimum atomic E-state index is -3.33. The van der Waals surface area contributed by atoms with Gasteiger partial charge in [-0.3, -0.25) is 9.52 Å². The summed E-state index contributed by atoms with van der Waals surface area (Å²) in [6, 6.07) is 13.6. The van der Waals surface area contributed by atoms with Gasteiger partial charge in [-0.05, 0) is 42.5 Å². The summed E-state index contributed by atoms with van der Waals surface area (Å²) < 4.78 is 29.8. The van der Waals surface area contributed by atoms with Crippen LogP contribution in [-0.2, 0) is 10.0 Å². The quantitative estimate of drug-likeness (QED) is 0.652. The largest absolute Gasteiger partial charge is 0.496 e. The summed E-state index contributed by atoms with van der Waals surface area (Å²) in [5.74, 6) is 0.506. The second-order valence-corrected chi connectivity index (χ2v) is 6.64. The van der Waals surface area contributed by atoms with Gasteiger partial charge in [0.25, 0.3) is 0 Å². The molecule has 0 aliphatic heterocycles. The summed E-state index contributed by atoms with van der Waals surface area (Å²) in [6.45, 7) is 0. The molecule has 6 heteroatoms. The van der Waals surface area contributed by atoms with Crippen molar-refractivity contribution in [2.24, 2.45) is 0 Å². The summed E-state index contributed by atoms with van der Waals surface area (Å²) in [6.07, 6.45) is 4.21. The van der Waals surface area contributed by atoms with E-state index in [9.17, 15) is 13.2 Å². The maximum absolute atomic E-state index is 12.1. The van der Waals surface area contributed by atoms with Crippen molar-refractivity contribution in [1.29, 1.82) is 0 Å². The van der Waals surface area contributed by atoms with Crippen molar-refractivity contribution >= 4 is 27.6 Å². The second-order valence-electron chi connectivity index (χ2n) is 4.89. The molecule has 0 unspecified atom stereocenters. The smallest absolute Gasteiger partial charge is 0.229 e. The van der Waals surface area contributed by atoms with Crippen molar-refractivity contribution in [3.05, 3.63) is 65.7 Å². The predicted octanol–water partition coefficient (Wildman–Crippen LogP) is 2.96. The average molecular weight is 331 g/mol. The number of ketones is 1. The lowest BCUT2D eigenvalue weighted by Gasteiger charge is -2.04. The van der Waals surface area contributed by atoms with Gasteiger partial charge in [-0.1, -0.05) is 18.2 Å². The van der Waals surface area contributed by atoms with E-state index in [1.165, 1.54) is 6.08 Å². The van der Waals surface area contributed by atoms with E-state index in [1.54, 1.807) is 37.5 Å². The minimum absolute atomic E-state index is 0.179. The van der Waals surface area contributed by atoms with Crippen molar-refractivity contribution in [1.82, 2.24) is 0 Å². The fourth-order valence-corrected chi connectivity index (χ4v) is 2.55. The number of carbonyl (C=O) groups excluding carboxylic acids is 1. The Morgan fingerprint density at radius 2 is 1.74 bits per heavy atom. The summed E-state index contributed by atoms with van der Waals surface area (Å²) in [7, 11) is -1.76. The van der Waals surface area contributed by atoms with E-state index in [0.29, 0.717) is 17.0 Å². The maximum atomic E-state index is 12.1. The fourth-order valence-electron chi connectivity index (χ4n) is 1.98. The van der Waals surface area contributed by atoms with Crippen molar-refractivity contribution in [2.45, 2.75) is 0 Å². The van der Waals surface area contributed by atoms with Crippen LogP contribution in [-0.4, -0.2) is 27.6 Å². The Morgan fingerprint density at radius 1 is 1.09 bits per heavy atom. The van der Waals surface area contributed by atoms with Crippen LogP contribution in [0.3, 0.4) is 0 Å². The number of benzene rings is 2. The molecule has 5 nitrogen and oxygen atoms in total. The Labute approximate surface area is 135 Å². The lowest BCUT2D eigenvalue weighted by atomic mass is 10.1. The molecule has 0 bridgehead atoms. The van der Waals surface area contributed by atoms with Gasteiger partial charge in [-0.2, -0.15) is 0 Å². The number of anilines is 1. The topological polar surface area (TPSA) is 72.5 Å². The van der Waals surface area contributed by atoms with Crippen LogP contribution in [0.25, 0.3) is 6.08 Å². The van der Waals surface area contributed by atoms with Gasteiger partial charge in [0.15, 0.2) is 5.78 Å². The van der Waals surface area contributed by atoms with E-state index in [4.69, 9.17) is 4.74 Å². The monoisotopic (exact) mass is 331 g/mol. The minimum Gasteiger partial charge on any atom is -0.496 e. The molecule has 0 aromatic heterocycles. The zero-order valence-corrected chi connectivity index (χ0v) is 13.6. The predicted molar refractivity (Wildman–Crippen MR) is 91.3 cm³/mol. The van der Waals surface area contributed by atoms with E-state index < -0.39 is 10.0 Å². The number of para-hydroxylation sites is 1. The van der Waals surface area contributed by atoms with Crippen LogP contribution >= 0.6 is 0 Å². The van der Waals surface area contributed by atoms with Gasteiger partial charge >= 0.3 is 0 Å². The summed E-state index contributed by atoms with van der Waals surface area (Å²) in [5.41, 5.74) is 1.69. The van der Waals surface area contributed by atoms with Gasteiger partial charge in [0.05, 0.1) is 13.4 Å². The molecule has 0 heterocycles. The Hall–Kier alpha value is -2.60. The standard InChI is InChI=1S/C17H17NO4S/c1-22-17-6-4-3-5-14(17)9-12-16(19)13-7-10-15(11-8-13)18-23(2,20)21/h3-12,18H,1-2H3/b12-9+. The van der Waals surface area contributed by atoms with Crippen LogP contribution in [0, 0.1) is 0 Å². The molecule has 0 spiro atoms. The highest BCUT2D eigenvalue weighted by molar-refractivity contribution is 7.92. The number of sulfonamides is 1. The van der Waals surface area contributed by atoms with Gasteiger partial charge in [0.1, 0.15) is 5.75 Å². The molecule has 0 fully saturated rings. The normalized spacial score (nSPS) is 11.4. The van der Waals surface area contributed by atoms with Gasteiger partial charge in [-0.15, -0.1) is 0 Å². The molecule has 2 aromatic rings. The molecule has 0 saturated carbocycles. The van der Waals surface area contributed by atoms with Crippen LogP contribution in [0.15, 0.2) is 54.6 Å². The third-order valence-corrected chi connectivity index (χ3v) is 3.63. The van der Waals surface area contributed by atoms with Crippen molar-refractivity contribution in [2.75, 3.05) is 18.1 Å². The number of ether oxygens (including phenoxy) is 1. The second kappa shape index (κ2) is 7.11. The Morgan fingerprint density at radius 3 is 2.35 bits per heavy atom. The molecule has 0 radical (unpaired) electrons. The van der Waals surface area contributed by atoms with Crippen molar-refractivity contribution in [3.8, 4) is 5.75 Å². The van der Waals surface area contributed by atoms with Gasteiger partial charge in [0.2, 0.25) is 10.0 Å². The molecular formula is C17H17NO4S. The fraction of sp³-hybridized carbons (Fsp3) is 0.118. The zero-order chi connectivity index (χ0) is 16.9. The Bertz CT molecular complexity index is 824. The van der Waals surface area contributed by atoms with E-state index in [2.05, 4.69) is 4.72 Å². The molecule has 23 heavy (non-hydrogen) atoms. The lowest BCUT2D eigenvalue weighted by Crippen LogP contribution is -2.09. The van der Waals surface area contributed by atoms with Gasteiger partial charge in [0, 0.05) is 16.8 Å². The highest BCUT2D eigenvalue weighted by atomic mass is 32.2. The van der Waals surface area contributed by atoms with E-state index >= 15 is 0 Å². The molecule has 2 aromatic carbocycles. The summed E-state index contributed by atoms with van der Waals surface area (Å²) >= 11 is 0. The molecule has 120 valence electrons. The van der Waals surface area contributed by atoms with Crippen LogP contribution in [0.4, 0.5) is 5.69 Å². The Kier molecular flexibility index (Phi) is 5.18. The van der Waals surface area contributed by atoms with Gasteiger partial charge < -0.3 is 4.74 Å². The average Bonchev–Trinajstić information content (AvgIpc) is 2.52. The first-order valence-corrected chi connectivity index (χ1v) is 8.71. The van der Waals surface area contributed by atoms with Crippen LogP contribution in [0.2, 0.25) is 0 Å². The number of hydrogen-bond acceptors (Lipinski definition) is 4. The number of nitrogens with one attached hydrogen (secondary N) is 1. The highest BCUT2D eigenvalue weighted by Crippen LogP contribution is 2.19. The number of methoxy groups -OCH3 is 1. The van der Waals surface area contributed by atoms with E-state index in [0.717, 1.165) is 11.8 Å². The number of hydrogen-bond donors (Lipinski definition) is 1. The Balaban J connectivity index is 2.13. The zero-order valence-electron chi connectivity index (χ0n) is 12.8. The van der Waals surface area contributed by atoms with Crippen molar-refractivity contribution < 1.29 is 17.9 Å². The number of rotatable bonds is 6. The van der Waals surface area contributed by atoms with Crippen LogP contribution in [0.5, 0.6) is 5.75 Å². The first kappa shape index (κ1) is 16.8. The summed E-state index contributed by atoms with van der Waals surface area (Å²) in [5, 5.41) is 0. The van der Waals surface area contributed by atoms with E-state index in [-0.39, 0.29) is 5.78 Å². The SMILES string of the molecule is COc1ccccc1/C=C/C(=O)c1ccc(NS(C)(=O)=O)cc1. The maximum Gasteiger partial charge on any atom is 0.229 e. The first-order valence-electron chi connectivity index (χ1n) is 6.82. The van der Waals surface area contributed by atoms with Crippen LogP contribution < -0.4 is 9.46 Å². The van der Waals surface area contributed by atoms with Gasteiger partial charge in [-0.25, -0.2) is 8.42 Å². The number of carbonyl (C=O) groups is 1. The lowest BCUT2D eigenvalue weighted by molar-refractivity contribution is 0.104. The molecule has 1 N–H and O–H groups in total. The molecule has 2 rings (SSSR count). The molecule has 0 atom stereocenters. The number of allylic oxidation sites excluding steroid dienone is 1. The van der Waals surface area contributed by atoms with Crippen LogP contribution in [0.1, 0.15) is 15.9 Å². The van der Waals surface area contributed by atoms with Crippen molar-refractivity contribution in [3.63, 3.8) is 0 Å². The molecule has 0 aliphatic rings. The molecule has 0 saturated heterocycles. The third-order valence-electron chi connectivity index (χ3n) is 3.03. The van der Waals surface area contributed by atoms with E-state index in [1.807, 2.05) is 24.3 Å². The molecule has 0 amide bonds. The highest BCUT2D eigenvalue weighted by Gasteiger charge is 2.05. The third kappa shape index (κ3) is 4.96. The summed E-state index contributed by atoms with van der Waals surface area (Å²) in [4.78, 5) is 12.1. The molecular weight excluding hydrogens is 314 g/mol.